The van der Waals surface area contributed by atoms with Crippen molar-refractivity contribution in [2.45, 2.75) is 45.9 Å². The molecule has 1 aromatic rings. The van der Waals surface area contributed by atoms with Gasteiger partial charge in [-0.05, 0) is 34.7 Å². The summed E-state index contributed by atoms with van der Waals surface area (Å²) < 4.78 is 7.51. The highest BCUT2D eigenvalue weighted by molar-refractivity contribution is 4.92. The number of likely N-dealkylation sites (N-methyl/N-ethyl adjacent to an activating group) is 1. The average molecular weight is 270 g/mol. The Kier molecular flexibility index (Phi) is 5.46. The fourth-order valence-corrected chi connectivity index (χ4v) is 1.65. The summed E-state index contributed by atoms with van der Waals surface area (Å²) in [4.78, 5) is 2.01. The van der Waals surface area contributed by atoms with Gasteiger partial charge in [0.1, 0.15) is 11.6 Å². The maximum Gasteiger partial charge on any atom is 0.146 e. The minimum Gasteiger partial charge on any atom is -0.389 e. The van der Waals surface area contributed by atoms with E-state index in [0.717, 1.165) is 11.6 Å². The molecule has 0 aliphatic heterocycles. The lowest BCUT2D eigenvalue weighted by Gasteiger charge is -2.24. The first kappa shape index (κ1) is 16.1. The summed E-state index contributed by atoms with van der Waals surface area (Å²) in [7, 11) is 3.89. The quantitative estimate of drug-likeness (QED) is 0.825. The van der Waals surface area contributed by atoms with E-state index in [2.05, 4.69) is 10.2 Å². The van der Waals surface area contributed by atoms with Gasteiger partial charge in [0.15, 0.2) is 0 Å². The Hall–Kier alpha value is -0.980. The number of rotatable bonds is 6. The minimum atomic E-state index is -0.501. The van der Waals surface area contributed by atoms with Crippen molar-refractivity contribution in [1.82, 2.24) is 19.7 Å². The van der Waals surface area contributed by atoms with Gasteiger partial charge >= 0.3 is 0 Å². The summed E-state index contributed by atoms with van der Waals surface area (Å²) in [6.45, 7) is 9.39. The molecule has 1 aromatic heterocycles. The highest BCUT2D eigenvalue weighted by Gasteiger charge is 2.16. The van der Waals surface area contributed by atoms with E-state index in [4.69, 9.17) is 4.74 Å². The molecule has 0 amide bonds. The minimum absolute atomic E-state index is 0.222. The summed E-state index contributed by atoms with van der Waals surface area (Å²) in [5.74, 6) is 1.78. The number of nitrogens with zero attached hydrogens (tertiary/aromatic N) is 4. The number of aromatic nitrogens is 3. The fourth-order valence-electron chi connectivity index (χ4n) is 1.65. The van der Waals surface area contributed by atoms with Gasteiger partial charge in [-0.25, -0.2) is 0 Å². The second kappa shape index (κ2) is 6.45. The van der Waals surface area contributed by atoms with Gasteiger partial charge in [-0.15, -0.1) is 10.2 Å². The van der Waals surface area contributed by atoms with Crippen molar-refractivity contribution >= 4 is 0 Å². The lowest BCUT2D eigenvalue weighted by molar-refractivity contribution is -0.0552. The van der Waals surface area contributed by atoms with Crippen LogP contribution in [0.25, 0.3) is 0 Å². The Morgan fingerprint density at radius 3 is 2.47 bits per heavy atom. The average Bonchev–Trinajstić information content (AvgIpc) is 2.57. The summed E-state index contributed by atoms with van der Waals surface area (Å²) in [5.41, 5.74) is -0.222. The second-order valence-electron chi connectivity index (χ2n) is 6.00. The SMILES string of the molecule is Cc1nnc(CN(C)CC(O)COC(C)(C)C)n1C. The maximum absolute atomic E-state index is 9.93. The molecule has 1 N–H and O–H groups in total. The molecule has 0 saturated carbocycles. The highest BCUT2D eigenvalue weighted by atomic mass is 16.5. The van der Waals surface area contributed by atoms with E-state index in [1.807, 2.05) is 51.3 Å². The second-order valence-corrected chi connectivity index (χ2v) is 6.00. The predicted octanol–water partition coefficient (Wildman–Crippen LogP) is 0.731. The van der Waals surface area contributed by atoms with E-state index in [1.165, 1.54) is 0 Å². The molecule has 19 heavy (non-hydrogen) atoms. The third-order valence-electron chi connectivity index (χ3n) is 2.83. The third-order valence-corrected chi connectivity index (χ3v) is 2.83. The van der Waals surface area contributed by atoms with E-state index < -0.39 is 6.10 Å². The van der Waals surface area contributed by atoms with E-state index >= 15 is 0 Å². The molecule has 6 heteroatoms. The summed E-state index contributed by atoms with van der Waals surface area (Å²) in [6.07, 6.45) is -0.501. The lowest BCUT2D eigenvalue weighted by atomic mass is 10.2. The van der Waals surface area contributed by atoms with Gasteiger partial charge in [-0.3, -0.25) is 4.90 Å². The van der Waals surface area contributed by atoms with Crippen molar-refractivity contribution < 1.29 is 9.84 Å². The molecule has 0 bridgehead atoms. The molecule has 1 atom stereocenters. The molecule has 1 unspecified atom stereocenters. The number of hydrogen-bond acceptors (Lipinski definition) is 5. The zero-order chi connectivity index (χ0) is 14.6. The Bertz CT molecular complexity index is 398. The molecule has 0 spiro atoms. The molecule has 0 aromatic carbocycles. The Balaban J connectivity index is 2.38. The normalized spacial score (nSPS) is 14.1. The van der Waals surface area contributed by atoms with Gasteiger partial charge in [0.05, 0.1) is 24.9 Å². The monoisotopic (exact) mass is 270 g/mol. The van der Waals surface area contributed by atoms with E-state index in [1.54, 1.807) is 0 Å². The Morgan fingerprint density at radius 1 is 1.37 bits per heavy atom. The molecule has 0 aliphatic carbocycles. The fraction of sp³-hybridized carbons (Fsp3) is 0.846. The van der Waals surface area contributed by atoms with Gasteiger partial charge in [-0.1, -0.05) is 0 Å². The molecule has 1 rings (SSSR count). The number of aliphatic hydroxyl groups is 1. The van der Waals surface area contributed by atoms with Crippen molar-refractivity contribution in [3.8, 4) is 0 Å². The largest absolute Gasteiger partial charge is 0.389 e. The van der Waals surface area contributed by atoms with Crippen LogP contribution >= 0.6 is 0 Å². The van der Waals surface area contributed by atoms with Crippen molar-refractivity contribution in [3.63, 3.8) is 0 Å². The van der Waals surface area contributed by atoms with Crippen LogP contribution in [0.1, 0.15) is 32.4 Å². The first-order chi connectivity index (χ1) is 8.69. The Labute approximate surface area is 115 Å². The Morgan fingerprint density at radius 2 is 2.00 bits per heavy atom. The van der Waals surface area contributed by atoms with Gasteiger partial charge < -0.3 is 14.4 Å². The van der Waals surface area contributed by atoms with Crippen LogP contribution in [0.4, 0.5) is 0 Å². The maximum atomic E-state index is 9.93. The van der Waals surface area contributed by atoms with Gasteiger partial charge in [0, 0.05) is 13.6 Å². The van der Waals surface area contributed by atoms with Crippen molar-refractivity contribution in [2.24, 2.45) is 7.05 Å². The topological polar surface area (TPSA) is 63.4 Å². The van der Waals surface area contributed by atoms with Crippen LogP contribution < -0.4 is 0 Å². The summed E-state index contributed by atoms with van der Waals surface area (Å²) in [5, 5.41) is 18.0. The van der Waals surface area contributed by atoms with Crippen molar-refractivity contribution in [2.75, 3.05) is 20.2 Å². The van der Waals surface area contributed by atoms with E-state index in [9.17, 15) is 5.11 Å². The van der Waals surface area contributed by atoms with Crippen LogP contribution in [-0.2, 0) is 18.3 Å². The van der Waals surface area contributed by atoms with Crippen LogP contribution in [0.3, 0.4) is 0 Å². The molecular formula is C13H26N4O2. The van der Waals surface area contributed by atoms with E-state index in [-0.39, 0.29) is 5.60 Å². The van der Waals surface area contributed by atoms with Crippen LogP contribution in [0.2, 0.25) is 0 Å². The molecule has 110 valence electrons. The molecule has 1 heterocycles. The third kappa shape index (κ3) is 5.67. The zero-order valence-corrected chi connectivity index (χ0v) is 12.8. The zero-order valence-electron chi connectivity index (χ0n) is 12.8. The standard InChI is InChI=1S/C13H26N4O2/c1-10-14-15-12(17(10)6)8-16(5)7-11(18)9-19-13(2,3)4/h11,18H,7-9H2,1-6H3. The van der Waals surface area contributed by atoms with Gasteiger partial charge in [0.2, 0.25) is 0 Å². The first-order valence-electron chi connectivity index (χ1n) is 6.54. The predicted molar refractivity (Wildman–Crippen MR) is 73.8 cm³/mol. The highest BCUT2D eigenvalue weighted by Crippen LogP contribution is 2.08. The van der Waals surface area contributed by atoms with Crippen LogP contribution in [0.5, 0.6) is 0 Å². The summed E-state index contributed by atoms with van der Waals surface area (Å²) >= 11 is 0. The van der Waals surface area contributed by atoms with Crippen molar-refractivity contribution in [1.29, 1.82) is 0 Å². The number of ether oxygens (including phenoxy) is 1. The molecule has 0 saturated heterocycles. The first-order valence-corrected chi connectivity index (χ1v) is 6.54. The van der Waals surface area contributed by atoms with Gasteiger partial charge in [0.25, 0.3) is 0 Å². The smallest absolute Gasteiger partial charge is 0.146 e. The van der Waals surface area contributed by atoms with Gasteiger partial charge in [-0.2, -0.15) is 0 Å². The lowest BCUT2D eigenvalue weighted by Crippen LogP contribution is -2.35. The van der Waals surface area contributed by atoms with Crippen molar-refractivity contribution in [3.05, 3.63) is 11.6 Å². The van der Waals surface area contributed by atoms with Crippen LogP contribution in [-0.4, -0.2) is 56.7 Å². The number of aliphatic hydroxyl groups excluding tert-OH is 1. The number of aryl methyl sites for hydroxylation is 1. The van der Waals surface area contributed by atoms with Crippen LogP contribution in [0, 0.1) is 6.92 Å². The summed E-state index contributed by atoms with van der Waals surface area (Å²) in [6, 6.07) is 0. The van der Waals surface area contributed by atoms with Crippen LogP contribution in [0.15, 0.2) is 0 Å². The van der Waals surface area contributed by atoms with E-state index in [0.29, 0.717) is 19.7 Å². The molecular weight excluding hydrogens is 244 g/mol. The molecule has 0 aliphatic rings. The molecule has 0 radical (unpaired) electrons. The number of hydrogen-bond donors (Lipinski definition) is 1. The molecule has 6 nitrogen and oxygen atoms in total. The molecule has 0 fully saturated rings.